The molecule has 0 atom stereocenters. The Hall–Kier alpha value is -2.35. The third kappa shape index (κ3) is 5.68. The van der Waals surface area contributed by atoms with Crippen LogP contribution in [0.3, 0.4) is 0 Å². The van der Waals surface area contributed by atoms with Crippen LogP contribution in [-0.2, 0) is 4.79 Å². The molecule has 0 saturated heterocycles. The first-order valence-corrected chi connectivity index (χ1v) is 5.61. The number of nitrogens with two attached hydrogens (primary N) is 1. The Morgan fingerprint density at radius 3 is 2.68 bits per heavy atom. The summed E-state index contributed by atoms with van der Waals surface area (Å²) in [6.45, 7) is 1.13. The normalized spacial score (nSPS) is 10.7. The maximum atomic E-state index is 10.5. The predicted molar refractivity (Wildman–Crippen MR) is 73.2 cm³/mol. The maximum absolute atomic E-state index is 10.5. The number of nitrogens with zero attached hydrogens (tertiary/aromatic N) is 1. The molecule has 19 heavy (non-hydrogen) atoms. The van der Waals surface area contributed by atoms with Gasteiger partial charge in [-0.05, 0) is 24.4 Å². The van der Waals surface area contributed by atoms with Gasteiger partial charge in [-0.25, -0.2) is 4.79 Å². The second-order valence-electron chi connectivity index (χ2n) is 3.34. The van der Waals surface area contributed by atoms with Crippen LogP contribution in [0.2, 0.25) is 0 Å². The molecule has 4 N–H and O–H groups in total. The van der Waals surface area contributed by atoms with Gasteiger partial charge in [0.05, 0.1) is 0 Å². The molecule has 0 aliphatic heterocycles. The van der Waals surface area contributed by atoms with E-state index in [0.29, 0.717) is 11.5 Å². The number of thiocarbonyl (C=S) groups is 1. The quantitative estimate of drug-likeness (QED) is 0.316. The van der Waals surface area contributed by atoms with E-state index in [0.717, 1.165) is 0 Å². The molecule has 0 fully saturated rings. The average Bonchev–Trinajstić information content (AvgIpc) is 2.35. The van der Waals surface area contributed by atoms with Crippen LogP contribution in [0.1, 0.15) is 6.92 Å². The Morgan fingerprint density at radius 2 is 2.11 bits per heavy atom. The van der Waals surface area contributed by atoms with E-state index in [1.807, 2.05) is 0 Å². The summed E-state index contributed by atoms with van der Waals surface area (Å²) >= 11 is 4.59. The van der Waals surface area contributed by atoms with Crippen LogP contribution in [0.4, 0.5) is 0 Å². The first-order valence-electron chi connectivity index (χ1n) is 5.20. The largest absolute Gasteiger partial charge is 0.479 e. The van der Waals surface area contributed by atoms with Gasteiger partial charge in [-0.3, -0.25) is 5.43 Å². The van der Waals surface area contributed by atoms with Crippen molar-refractivity contribution in [2.24, 2.45) is 10.8 Å². The molecule has 0 aliphatic carbocycles. The molecule has 102 valence electrons. The summed E-state index contributed by atoms with van der Waals surface area (Å²) in [5.74, 6) is -0.181. The first-order chi connectivity index (χ1) is 8.99. The highest BCUT2D eigenvalue weighted by molar-refractivity contribution is 7.80. The molecular weight excluding hydrogens is 270 g/mol. The number of hydrogen-bond acceptors (Lipinski definition) is 5. The molecule has 0 saturated carbocycles. The summed E-state index contributed by atoms with van der Waals surface area (Å²) in [5.41, 5.74) is 7.59. The molecule has 0 unspecified atom stereocenters. The topological polar surface area (TPSA) is 106 Å². The molecular formula is C11H13N3O4S. The van der Waals surface area contributed by atoms with Gasteiger partial charge in [-0.2, -0.15) is 0 Å². The van der Waals surface area contributed by atoms with Crippen molar-refractivity contribution < 1.29 is 19.4 Å². The monoisotopic (exact) mass is 283 g/mol. The van der Waals surface area contributed by atoms with Crippen molar-refractivity contribution in [3.63, 3.8) is 0 Å². The van der Waals surface area contributed by atoms with Gasteiger partial charge in [0, 0.05) is 6.92 Å². The fourth-order valence-corrected chi connectivity index (χ4v) is 1.15. The molecule has 0 radical (unpaired) electrons. The van der Waals surface area contributed by atoms with E-state index in [4.69, 9.17) is 20.3 Å². The van der Waals surface area contributed by atoms with Crippen molar-refractivity contribution in [1.29, 1.82) is 0 Å². The minimum absolute atomic E-state index is 0.0124. The summed E-state index contributed by atoms with van der Waals surface area (Å²) in [6, 6.07) is 6.63. The highest BCUT2D eigenvalue weighted by atomic mass is 32.1. The lowest BCUT2D eigenvalue weighted by Gasteiger charge is -2.10. The molecule has 1 aromatic rings. The van der Waals surface area contributed by atoms with Gasteiger partial charge >= 0.3 is 5.97 Å². The number of carbonyl (C=O) groups is 1. The van der Waals surface area contributed by atoms with Crippen LogP contribution < -0.4 is 20.6 Å². The number of ether oxygens (including phenoxy) is 2. The van der Waals surface area contributed by atoms with Crippen LogP contribution >= 0.6 is 12.2 Å². The molecule has 0 heterocycles. The van der Waals surface area contributed by atoms with Gasteiger partial charge in [0.1, 0.15) is 0 Å². The third-order valence-corrected chi connectivity index (χ3v) is 1.87. The molecule has 1 rings (SSSR count). The summed E-state index contributed by atoms with van der Waals surface area (Å²) in [5, 5.41) is 12.3. The number of hydrogen-bond donors (Lipinski definition) is 3. The number of rotatable bonds is 5. The lowest BCUT2D eigenvalue weighted by molar-refractivity contribution is -0.139. The van der Waals surface area contributed by atoms with Crippen LogP contribution in [0.25, 0.3) is 0 Å². The third-order valence-electron chi connectivity index (χ3n) is 1.78. The van der Waals surface area contributed by atoms with Crippen molar-refractivity contribution in [2.75, 3.05) is 6.61 Å². The van der Waals surface area contributed by atoms with Gasteiger partial charge in [0.25, 0.3) is 0 Å². The molecule has 0 aromatic heterocycles. The maximum Gasteiger partial charge on any atom is 0.341 e. The number of carboxylic acid groups (broad SMARTS) is 1. The zero-order valence-corrected chi connectivity index (χ0v) is 10.9. The van der Waals surface area contributed by atoms with Crippen molar-refractivity contribution in [1.82, 2.24) is 5.43 Å². The summed E-state index contributed by atoms with van der Waals surface area (Å²) in [4.78, 5) is 10.5. The second-order valence-corrected chi connectivity index (χ2v) is 3.78. The number of benzene rings is 1. The summed E-state index contributed by atoms with van der Waals surface area (Å²) in [6.07, 6.45) is 0. The minimum atomic E-state index is -1.07. The number of aliphatic carboxylic acids is 1. The second kappa shape index (κ2) is 7.17. The Labute approximate surface area is 115 Å². The van der Waals surface area contributed by atoms with Crippen molar-refractivity contribution >= 4 is 29.2 Å². The Bertz CT molecular complexity index is 504. The van der Waals surface area contributed by atoms with Crippen LogP contribution in [0.15, 0.2) is 29.4 Å². The molecule has 0 spiro atoms. The highest BCUT2D eigenvalue weighted by Crippen LogP contribution is 2.26. The average molecular weight is 283 g/mol. The van der Waals surface area contributed by atoms with Gasteiger partial charge < -0.3 is 20.3 Å². The lowest BCUT2D eigenvalue weighted by Crippen LogP contribution is -2.26. The molecule has 7 nitrogen and oxygen atoms in total. The van der Waals surface area contributed by atoms with E-state index < -0.39 is 12.6 Å². The molecule has 0 amide bonds. The van der Waals surface area contributed by atoms with Gasteiger partial charge in [0.15, 0.2) is 23.2 Å². The number of carboxylic acids is 1. The van der Waals surface area contributed by atoms with E-state index in [1.165, 1.54) is 0 Å². The number of hydrazone groups is 1. The zero-order valence-electron chi connectivity index (χ0n) is 10.1. The number of para-hydroxylation sites is 2. The molecule has 8 heteroatoms. The van der Waals surface area contributed by atoms with E-state index in [2.05, 4.69) is 22.7 Å². The molecule has 0 bridgehead atoms. The van der Waals surface area contributed by atoms with E-state index in [1.54, 1.807) is 31.2 Å². The Balaban J connectivity index is 2.74. The van der Waals surface area contributed by atoms with Gasteiger partial charge in [-0.1, -0.05) is 12.1 Å². The number of nitrogens with one attached hydrogen (secondary N) is 1. The Kier molecular flexibility index (Phi) is 5.55. The fourth-order valence-electron chi connectivity index (χ4n) is 1.11. The molecule has 0 aliphatic rings. The van der Waals surface area contributed by atoms with Crippen molar-refractivity contribution in [3.8, 4) is 11.5 Å². The zero-order chi connectivity index (χ0) is 14.3. The predicted octanol–water partition coefficient (Wildman–Crippen LogP) is 0.695. The van der Waals surface area contributed by atoms with Gasteiger partial charge in [0.2, 0.25) is 5.90 Å². The van der Waals surface area contributed by atoms with E-state index in [9.17, 15) is 4.79 Å². The standard InChI is InChI=1S/C11H13N3O4S/c1-7(13-14-11(12)19)18-9-5-3-2-4-8(9)17-6-10(15)16/h2-5H,6H2,1H3,(H,15,16)(H3,12,14,19)/b13-7-. The minimum Gasteiger partial charge on any atom is -0.479 e. The smallest absolute Gasteiger partial charge is 0.341 e. The van der Waals surface area contributed by atoms with Crippen LogP contribution in [-0.4, -0.2) is 28.7 Å². The van der Waals surface area contributed by atoms with E-state index >= 15 is 0 Å². The fraction of sp³-hybridized carbons (Fsp3) is 0.182. The lowest BCUT2D eigenvalue weighted by atomic mass is 10.3. The summed E-state index contributed by atoms with van der Waals surface area (Å²) in [7, 11) is 0. The highest BCUT2D eigenvalue weighted by Gasteiger charge is 2.07. The van der Waals surface area contributed by atoms with Crippen LogP contribution in [0, 0.1) is 0 Å². The molecule has 1 aromatic carbocycles. The van der Waals surface area contributed by atoms with Crippen molar-refractivity contribution in [2.45, 2.75) is 6.92 Å². The first kappa shape index (κ1) is 14.7. The van der Waals surface area contributed by atoms with Gasteiger partial charge in [-0.15, -0.1) is 5.10 Å². The Morgan fingerprint density at radius 1 is 1.47 bits per heavy atom. The van der Waals surface area contributed by atoms with Crippen LogP contribution in [0.5, 0.6) is 11.5 Å². The SMILES string of the molecule is C/C(=N/NC(N)=S)Oc1ccccc1OCC(=O)O. The van der Waals surface area contributed by atoms with Crippen molar-refractivity contribution in [3.05, 3.63) is 24.3 Å². The summed E-state index contributed by atoms with van der Waals surface area (Å²) < 4.78 is 10.5. The van der Waals surface area contributed by atoms with E-state index in [-0.39, 0.29) is 11.0 Å².